The molecule has 1 aliphatic rings. The van der Waals surface area contributed by atoms with Crippen LogP contribution in [0.3, 0.4) is 0 Å². The van der Waals surface area contributed by atoms with Gasteiger partial charge in [0.1, 0.15) is 5.75 Å². The molecule has 0 atom stereocenters. The molecular formula is C23H27N5O2. The van der Waals surface area contributed by atoms with E-state index < -0.39 is 0 Å². The molecule has 2 aromatic rings. The van der Waals surface area contributed by atoms with Gasteiger partial charge in [-0.2, -0.15) is 5.26 Å². The molecule has 156 valence electrons. The minimum Gasteiger partial charge on any atom is -0.496 e. The Balaban J connectivity index is 1.79. The lowest BCUT2D eigenvalue weighted by atomic mass is 9.68. The quantitative estimate of drug-likeness (QED) is 0.296. The van der Waals surface area contributed by atoms with E-state index in [1.54, 1.807) is 19.2 Å². The third-order valence-corrected chi connectivity index (χ3v) is 5.97. The second-order valence-electron chi connectivity index (χ2n) is 7.62. The van der Waals surface area contributed by atoms with Gasteiger partial charge in [-0.05, 0) is 43.4 Å². The third-order valence-electron chi connectivity index (χ3n) is 5.97. The Morgan fingerprint density at radius 2 is 1.87 bits per heavy atom. The van der Waals surface area contributed by atoms with Crippen molar-refractivity contribution in [1.29, 1.82) is 10.7 Å². The average molecular weight is 406 g/mol. The summed E-state index contributed by atoms with van der Waals surface area (Å²) >= 11 is 0. The van der Waals surface area contributed by atoms with Crippen molar-refractivity contribution in [3.8, 4) is 11.9 Å². The number of ether oxygens (including phenoxy) is 1. The fraction of sp³-hybridized carbons (Fsp3) is 0.348. The monoisotopic (exact) mass is 405 g/mol. The van der Waals surface area contributed by atoms with Crippen LogP contribution in [-0.2, 0) is 5.41 Å². The van der Waals surface area contributed by atoms with Gasteiger partial charge in [0.25, 0.3) is 5.91 Å². The normalized spacial score (nSPS) is 20.6. The maximum atomic E-state index is 12.9. The molecule has 0 radical (unpaired) electrons. The van der Waals surface area contributed by atoms with Crippen LogP contribution >= 0.6 is 0 Å². The van der Waals surface area contributed by atoms with Crippen LogP contribution in [0.1, 0.15) is 41.6 Å². The summed E-state index contributed by atoms with van der Waals surface area (Å²) in [6.07, 6.45) is 5.01. The van der Waals surface area contributed by atoms with Crippen molar-refractivity contribution in [3.05, 3.63) is 65.7 Å². The summed E-state index contributed by atoms with van der Waals surface area (Å²) in [5.74, 6) is 0.144. The van der Waals surface area contributed by atoms with Crippen LogP contribution < -0.4 is 15.8 Å². The Labute approximate surface area is 176 Å². The van der Waals surface area contributed by atoms with Crippen LogP contribution in [0.5, 0.6) is 5.75 Å². The van der Waals surface area contributed by atoms with Crippen molar-refractivity contribution in [2.45, 2.75) is 37.1 Å². The molecule has 0 aliphatic heterocycles. The molecule has 0 spiro atoms. The van der Waals surface area contributed by atoms with Crippen molar-refractivity contribution in [2.75, 3.05) is 13.7 Å². The number of carbonyl (C=O) groups excluding carboxylic acids is 1. The molecule has 0 saturated heterocycles. The molecule has 7 heteroatoms. The number of carbonyl (C=O) groups is 1. The van der Waals surface area contributed by atoms with E-state index in [4.69, 9.17) is 15.9 Å². The molecule has 30 heavy (non-hydrogen) atoms. The van der Waals surface area contributed by atoms with E-state index in [9.17, 15) is 10.1 Å². The summed E-state index contributed by atoms with van der Waals surface area (Å²) in [6.45, 7) is 0.479. The largest absolute Gasteiger partial charge is 0.496 e. The standard InChI is InChI=1S/C23H27N5O2/c1-30-20-10-6-5-9-19(20)21(29)27-15-23(17-7-3-2-4-8-17)13-11-18(12-14-23)28(16-24)22(25)26/h2-10,18H,11-15H2,1H3,(H3,25,26)(H,27,29)/t18-,23-. The predicted molar refractivity (Wildman–Crippen MR) is 115 cm³/mol. The van der Waals surface area contributed by atoms with Crippen molar-refractivity contribution >= 4 is 11.9 Å². The first kappa shape index (κ1) is 21.2. The molecule has 7 nitrogen and oxygen atoms in total. The molecule has 1 amide bonds. The first-order valence-electron chi connectivity index (χ1n) is 10.0. The number of para-hydroxylation sites is 1. The number of hydrogen-bond donors (Lipinski definition) is 3. The van der Waals surface area contributed by atoms with E-state index >= 15 is 0 Å². The second-order valence-corrected chi connectivity index (χ2v) is 7.62. The van der Waals surface area contributed by atoms with Gasteiger partial charge in [-0.1, -0.05) is 42.5 Å². The third kappa shape index (κ3) is 4.38. The molecule has 3 rings (SSSR count). The number of nitrogens with two attached hydrogens (primary N) is 1. The minimum atomic E-state index is -0.243. The molecular weight excluding hydrogens is 378 g/mol. The highest BCUT2D eigenvalue weighted by molar-refractivity contribution is 5.97. The molecule has 0 aromatic heterocycles. The predicted octanol–water partition coefficient (Wildman–Crippen LogP) is 2.98. The number of nitrogens with one attached hydrogen (secondary N) is 2. The van der Waals surface area contributed by atoms with E-state index in [2.05, 4.69) is 17.4 Å². The Bertz CT molecular complexity index is 930. The van der Waals surface area contributed by atoms with E-state index in [-0.39, 0.29) is 23.3 Å². The van der Waals surface area contributed by atoms with Crippen LogP contribution in [0.4, 0.5) is 0 Å². The van der Waals surface area contributed by atoms with Gasteiger partial charge in [-0.15, -0.1) is 0 Å². The summed E-state index contributed by atoms with van der Waals surface area (Å²) in [6, 6.07) is 17.2. The first-order chi connectivity index (χ1) is 14.5. The number of hydrogen-bond acceptors (Lipinski definition) is 4. The molecule has 0 heterocycles. The van der Waals surface area contributed by atoms with E-state index in [0.29, 0.717) is 30.7 Å². The van der Waals surface area contributed by atoms with Gasteiger partial charge in [0, 0.05) is 18.0 Å². The Morgan fingerprint density at radius 3 is 2.47 bits per heavy atom. The zero-order valence-electron chi connectivity index (χ0n) is 17.1. The Morgan fingerprint density at radius 1 is 1.23 bits per heavy atom. The highest BCUT2D eigenvalue weighted by Gasteiger charge is 2.39. The van der Waals surface area contributed by atoms with Crippen LogP contribution in [0.25, 0.3) is 0 Å². The second kappa shape index (κ2) is 9.31. The summed E-state index contributed by atoms with van der Waals surface area (Å²) in [7, 11) is 1.55. The van der Waals surface area contributed by atoms with Crippen molar-refractivity contribution in [2.24, 2.45) is 5.73 Å². The van der Waals surface area contributed by atoms with Gasteiger partial charge >= 0.3 is 0 Å². The fourth-order valence-electron chi connectivity index (χ4n) is 4.28. The highest BCUT2D eigenvalue weighted by atomic mass is 16.5. The summed E-state index contributed by atoms with van der Waals surface area (Å²) < 4.78 is 5.31. The van der Waals surface area contributed by atoms with Crippen LogP contribution in [0.2, 0.25) is 0 Å². The van der Waals surface area contributed by atoms with Gasteiger partial charge in [-0.3, -0.25) is 10.2 Å². The summed E-state index contributed by atoms with van der Waals surface area (Å²) in [5.41, 5.74) is 6.99. The molecule has 1 aliphatic carbocycles. The molecule has 0 bridgehead atoms. The molecule has 4 N–H and O–H groups in total. The zero-order valence-corrected chi connectivity index (χ0v) is 17.1. The topological polar surface area (TPSA) is 115 Å². The number of nitriles is 1. The van der Waals surface area contributed by atoms with Crippen LogP contribution in [0.15, 0.2) is 54.6 Å². The smallest absolute Gasteiger partial charge is 0.255 e. The van der Waals surface area contributed by atoms with E-state index in [1.807, 2.05) is 36.5 Å². The van der Waals surface area contributed by atoms with Gasteiger partial charge < -0.3 is 15.8 Å². The molecule has 1 fully saturated rings. The highest BCUT2D eigenvalue weighted by Crippen LogP contribution is 2.40. The van der Waals surface area contributed by atoms with E-state index in [1.165, 1.54) is 4.90 Å². The van der Waals surface area contributed by atoms with Crippen LogP contribution in [-0.4, -0.2) is 36.5 Å². The number of guanidine groups is 1. The maximum Gasteiger partial charge on any atom is 0.255 e. The minimum absolute atomic E-state index is 0.0887. The lowest BCUT2D eigenvalue weighted by Gasteiger charge is -2.42. The first-order valence-corrected chi connectivity index (χ1v) is 10.0. The lowest BCUT2D eigenvalue weighted by Crippen LogP contribution is -2.49. The number of benzene rings is 2. The zero-order chi connectivity index (χ0) is 21.6. The SMILES string of the molecule is COc1ccccc1C(=O)NC[C@]1(c2ccccc2)CC[C@H](N(C#N)C(=N)N)CC1. The molecule has 2 aromatic carbocycles. The number of methoxy groups -OCH3 is 1. The van der Waals surface area contributed by atoms with Gasteiger partial charge in [0.05, 0.1) is 12.7 Å². The van der Waals surface area contributed by atoms with Gasteiger partial charge in [0.15, 0.2) is 6.19 Å². The Kier molecular flexibility index (Phi) is 6.58. The molecule has 1 saturated carbocycles. The van der Waals surface area contributed by atoms with Crippen LogP contribution in [0, 0.1) is 16.9 Å². The van der Waals surface area contributed by atoms with Gasteiger partial charge in [0.2, 0.25) is 5.96 Å². The Hall–Kier alpha value is -3.53. The molecule has 0 unspecified atom stereocenters. The van der Waals surface area contributed by atoms with Crippen molar-refractivity contribution in [1.82, 2.24) is 10.2 Å². The number of nitrogens with zero attached hydrogens (tertiary/aromatic N) is 2. The average Bonchev–Trinajstić information content (AvgIpc) is 2.79. The maximum absolute atomic E-state index is 12.9. The summed E-state index contributed by atoms with van der Waals surface area (Å²) in [4.78, 5) is 14.1. The number of amides is 1. The van der Waals surface area contributed by atoms with Gasteiger partial charge in [-0.25, -0.2) is 4.90 Å². The fourth-order valence-corrected chi connectivity index (χ4v) is 4.28. The number of rotatable bonds is 6. The van der Waals surface area contributed by atoms with E-state index in [0.717, 1.165) is 18.4 Å². The lowest BCUT2D eigenvalue weighted by molar-refractivity contribution is 0.0929. The van der Waals surface area contributed by atoms with Crippen molar-refractivity contribution < 1.29 is 9.53 Å². The van der Waals surface area contributed by atoms with Crippen molar-refractivity contribution in [3.63, 3.8) is 0 Å². The summed E-state index contributed by atoms with van der Waals surface area (Å²) in [5, 5.41) is 20.1.